The molecule has 4 rings (SSSR count). The van der Waals surface area contributed by atoms with E-state index in [9.17, 15) is 18.8 Å². The van der Waals surface area contributed by atoms with Crippen LogP contribution in [0.15, 0.2) is 54.6 Å². The highest BCUT2D eigenvalue weighted by Gasteiger charge is 2.49. The first-order chi connectivity index (χ1) is 15.4. The van der Waals surface area contributed by atoms with E-state index in [1.807, 2.05) is 30.3 Å². The molecule has 0 saturated carbocycles. The van der Waals surface area contributed by atoms with Gasteiger partial charge in [-0.3, -0.25) is 19.4 Å². The van der Waals surface area contributed by atoms with Gasteiger partial charge in [-0.2, -0.15) is 0 Å². The molecule has 2 saturated heterocycles. The Morgan fingerprint density at radius 1 is 1.09 bits per heavy atom. The summed E-state index contributed by atoms with van der Waals surface area (Å²) in [6.45, 7) is 3.51. The van der Waals surface area contributed by atoms with Crippen LogP contribution in [0.1, 0.15) is 36.9 Å². The van der Waals surface area contributed by atoms with Gasteiger partial charge in [0.25, 0.3) is 5.91 Å². The van der Waals surface area contributed by atoms with E-state index >= 15 is 0 Å². The van der Waals surface area contributed by atoms with Crippen LogP contribution in [0.3, 0.4) is 0 Å². The molecule has 4 amide bonds. The lowest BCUT2D eigenvalue weighted by Gasteiger charge is -2.28. The van der Waals surface area contributed by atoms with Crippen molar-refractivity contribution in [3.05, 3.63) is 71.5 Å². The van der Waals surface area contributed by atoms with Crippen molar-refractivity contribution >= 4 is 17.8 Å². The summed E-state index contributed by atoms with van der Waals surface area (Å²) in [7, 11) is 0. The molecule has 0 aliphatic carbocycles. The molecule has 0 aromatic heterocycles. The minimum absolute atomic E-state index is 0.0373. The summed E-state index contributed by atoms with van der Waals surface area (Å²) in [6, 6.07) is 14.8. The molecule has 2 aromatic rings. The summed E-state index contributed by atoms with van der Waals surface area (Å²) in [5, 5.41) is 5.53. The fraction of sp³-hybridized carbons (Fsp3) is 0.375. The van der Waals surface area contributed by atoms with Crippen LogP contribution in [-0.4, -0.2) is 53.8 Å². The number of imide groups is 1. The van der Waals surface area contributed by atoms with Gasteiger partial charge in [0, 0.05) is 6.54 Å². The van der Waals surface area contributed by atoms with Gasteiger partial charge in [0.15, 0.2) is 0 Å². The molecule has 2 heterocycles. The van der Waals surface area contributed by atoms with E-state index in [2.05, 4.69) is 15.5 Å². The number of likely N-dealkylation sites (tertiary alicyclic amines) is 1. The first-order valence-electron chi connectivity index (χ1n) is 10.8. The number of hydrogen-bond donors (Lipinski definition) is 2. The Bertz CT molecular complexity index is 992. The van der Waals surface area contributed by atoms with E-state index in [4.69, 9.17) is 0 Å². The number of rotatable bonds is 7. The largest absolute Gasteiger partial charge is 0.353 e. The maximum absolute atomic E-state index is 13.3. The molecule has 7 nitrogen and oxygen atoms in total. The van der Waals surface area contributed by atoms with Crippen LogP contribution in [0, 0.1) is 5.82 Å². The summed E-state index contributed by atoms with van der Waals surface area (Å²) < 4.78 is 13.3. The first-order valence-corrected chi connectivity index (χ1v) is 10.8. The van der Waals surface area contributed by atoms with Crippen molar-refractivity contribution < 1.29 is 18.8 Å². The molecule has 168 valence electrons. The third kappa shape index (κ3) is 4.36. The first kappa shape index (κ1) is 22.0. The predicted molar refractivity (Wildman–Crippen MR) is 117 cm³/mol. The lowest BCUT2D eigenvalue weighted by Crippen LogP contribution is -2.45. The SMILES string of the molecule is CC1(c2ccc(F)cc2)NC(=O)N(CC(=O)NCC(c2ccccc2)N2CCCC2)C1=O. The minimum Gasteiger partial charge on any atom is -0.353 e. The summed E-state index contributed by atoms with van der Waals surface area (Å²) in [6.07, 6.45) is 2.25. The Morgan fingerprint density at radius 3 is 2.41 bits per heavy atom. The van der Waals surface area contributed by atoms with Crippen molar-refractivity contribution in [2.45, 2.75) is 31.3 Å². The van der Waals surface area contributed by atoms with Crippen LogP contribution in [0.4, 0.5) is 9.18 Å². The lowest BCUT2D eigenvalue weighted by atomic mass is 9.92. The Balaban J connectivity index is 1.41. The van der Waals surface area contributed by atoms with E-state index in [1.54, 1.807) is 6.92 Å². The molecule has 2 atom stereocenters. The van der Waals surface area contributed by atoms with Gasteiger partial charge in [-0.05, 0) is 56.1 Å². The maximum Gasteiger partial charge on any atom is 0.325 e. The van der Waals surface area contributed by atoms with E-state index in [-0.39, 0.29) is 12.6 Å². The number of carbonyl (C=O) groups is 3. The summed E-state index contributed by atoms with van der Waals surface area (Å²) in [5.41, 5.74) is 0.236. The van der Waals surface area contributed by atoms with Gasteiger partial charge in [0.1, 0.15) is 17.9 Å². The average Bonchev–Trinajstić information content (AvgIpc) is 3.39. The lowest BCUT2D eigenvalue weighted by molar-refractivity contribution is -0.134. The van der Waals surface area contributed by atoms with Crippen molar-refractivity contribution in [2.24, 2.45) is 0 Å². The van der Waals surface area contributed by atoms with Gasteiger partial charge in [0.2, 0.25) is 5.91 Å². The van der Waals surface area contributed by atoms with E-state index in [0.29, 0.717) is 12.1 Å². The molecule has 2 aliphatic rings. The second-order valence-corrected chi connectivity index (χ2v) is 8.43. The maximum atomic E-state index is 13.3. The minimum atomic E-state index is -1.34. The van der Waals surface area contributed by atoms with Gasteiger partial charge < -0.3 is 10.6 Å². The number of hydrogen-bond acceptors (Lipinski definition) is 4. The Hall–Kier alpha value is -3.26. The highest BCUT2D eigenvalue weighted by molar-refractivity contribution is 6.09. The molecule has 0 spiro atoms. The topological polar surface area (TPSA) is 81.8 Å². The molecule has 2 unspecified atom stereocenters. The number of urea groups is 1. The number of halogens is 1. The van der Waals surface area contributed by atoms with Crippen molar-refractivity contribution in [3.8, 4) is 0 Å². The highest BCUT2D eigenvalue weighted by atomic mass is 19.1. The molecular weight excluding hydrogens is 411 g/mol. The van der Waals surface area contributed by atoms with E-state index in [1.165, 1.54) is 24.3 Å². The van der Waals surface area contributed by atoms with Crippen molar-refractivity contribution in [2.75, 3.05) is 26.2 Å². The van der Waals surface area contributed by atoms with Gasteiger partial charge in [-0.1, -0.05) is 42.5 Å². The number of nitrogens with zero attached hydrogens (tertiary/aromatic N) is 2. The van der Waals surface area contributed by atoms with Gasteiger partial charge >= 0.3 is 6.03 Å². The molecule has 2 N–H and O–H groups in total. The monoisotopic (exact) mass is 438 g/mol. The van der Waals surface area contributed by atoms with E-state index in [0.717, 1.165) is 36.4 Å². The van der Waals surface area contributed by atoms with Crippen LogP contribution in [0.5, 0.6) is 0 Å². The van der Waals surface area contributed by atoms with Crippen molar-refractivity contribution in [1.29, 1.82) is 0 Å². The zero-order chi connectivity index (χ0) is 22.7. The summed E-state index contributed by atoms with van der Waals surface area (Å²) >= 11 is 0. The van der Waals surface area contributed by atoms with Crippen molar-refractivity contribution in [3.63, 3.8) is 0 Å². The molecule has 2 fully saturated rings. The van der Waals surface area contributed by atoms with Gasteiger partial charge in [-0.25, -0.2) is 9.18 Å². The number of amides is 4. The second-order valence-electron chi connectivity index (χ2n) is 8.43. The Labute approximate surface area is 186 Å². The smallest absolute Gasteiger partial charge is 0.325 e. The third-order valence-corrected chi connectivity index (χ3v) is 6.26. The fourth-order valence-electron chi connectivity index (χ4n) is 4.42. The Morgan fingerprint density at radius 2 is 1.75 bits per heavy atom. The summed E-state index contributed by atoms with van der Waals surface area (Å²) in [5.74, 6) is -1.38. The van der Waals surface area contributed by atoms with Crippen LogP contribution in [0.2, 0.25) is 0 Å². The van der Waals surface area contributed by atoms with Crippen LogP contribution < -0.4 is 10.6 Å². The molecule has 2 aromatic carbocycles. The van der Waals surface area contributed by atoms with E-state index < -0.39 is 29.2 Å². The number of benzene rings is 2. The van der Waals surface area contributed by atoms with Crippen LogP contribution in [0.25, 0.3) is 0 Å². The summed E-state index contributed by atoms with van der Waals surface area (Å²) in [4.78, 5) is 41.4. The second kappa shape index (κ2) is 9.08. The predicted octanol–water partition coefficient (Wildman–Crippen LogP) is 2.55. The van der Waals surface area contributed by atoms with Crippen molar-refractivity contribution in [1.82, 2.24) is 20.4 Å². The van der Waals surface area contributed by atoms with Crippen LogP contribution >= 0.6 is 0 Å². The fourth-order valence-corrected chi connectivity index (χ4v) is 4.42. The Kier molecular flexibility index (Phi) is 6.23. The zero-order valence-corrected chi connectivity index (χ0v) is 18.0. The molecule has 32 heavy (non-hydrogen) atoms. The third-order valence-electron chi connectivity index (χ3n) is 6.26. The normalized spacial score (nSPS) is 22.1. The highest BCUT2D eigenvalue weighted by Crippen LogP contribution is 2.29. The molecule has 8 heteroatoms. The molecule has 0 radical (unpaired) electrons. The molecule has 0 bridgehead atoms. The molecule has 2 aliphatic heterocycles. The quantitative estimate of drug-likeness (QED) is 0.651. The van der Waals surface area contributed by atoms with Gasteiger partial charge in [0.05, 0.1) is 6.04 Å². The number of nitrogens with one attached hydrogen (secondary N) is 2. The molecular formula is C24H27FN4O3. The standard InChI is InChI=1S/C24H27FN4O3/c1-24(18-9-11-19(25)12-10-18)22(31)29(23(32)27-24)16-21(30)26-15-20(28-13-5-6-14-28)17-7-3-2-4-8-17/h2-4,7-12,20H,5-6,13-16H2,1H3,(H,26,30)(H,27,32). The zero-order valence-electron chi connectivity index (χ0n) is 18.0. The van der Waals surface area contributed by atoms with Crippen LogP contribution in [-0.2, 0) is 15.1 Å². The van der Waals surface area contributed by atoms with Gasteiger partial charge in [-0.15, -0.1) is 0 Å². The number of carbonyl (C=O) groups excluding carboxylic acids is 3. The average molecular weight is 439 g/mol.